The van der Waals surface area contributed by atoms with Crippen molar-refractivity contribution < 1.29 is 0 Å². The standard InChI is InChI=1S/C16H10N6/c17-9-13(10-18)22-21-12-5-3-4-11(8-12)16-19-14-6-1-2-7-15(14)20-16/h1-8,21H,(H,19,20). The molecule has 2 N–H and O–H groups in total. The number of fused-ring (bicyclic) bond motifs is 1. The van der Waals surface area contributed by atoms with Gasteiger partial charge in [0.2, 0.25) is 5.71 Å². The maximum Gasteiger partial charge on any atom is 0.237 e. The third kappa shape index (κ3) is 2.62. The van der Waals surface area contributed by atoms with Gasteiger partial charge in [0.1, 0.15) is 18.0 Å². The second kappa shape index (κ2) is 5.78. The number of anilines is 1. The number of benzene rings is 2. The molecule has 6 heteroatoms. The second-order valence-electron chi connectivity index (χ2n) is 4.48. The van der Waals surface area contributed by atoms with Gasteiger partial charge in [-0.25, -0.2) is 4.98 Å². The number of hydrazone groups is 1. The Bertz CT molecular complexity index is 890. The molecule has 0 bridgehead atoms. The number of aromatic nitrogens is 2. The van der Waals surface area contributed by atoms with Crippen molar-refractivity contribution in [1.29, 1.82) is 10.5 Å². The van der Waals surface area contributed by atoms with Gasteiger partial charge in [0, 0.05) is 5.56 Å². The molecule has 0 aliphatic rings. The van der Waals surface area contributed by atoms with E-state index in [1.54, 1.807) is 18.2 Å². The summed E-state index contributed by atoms with van der Waals surface area (Å²) < 4.78 is 0. The molecule has 0 saturated heterocycles. The topological polar surface area (TPSA) is 101 Å². The Morgan fingerprint density at radius 1 is 1.09 bits per heavy atom. The van der Waals surface area contributed by atoms with Crippen LogP contribution in [0.2, 0.25) is 0 Å². The van der Waals surface area contributed by atoms with Gasteiger partial charge in [-0.2, -0.15) is 15.6 Å². The predicted molar refractivity (Wildman–Crippen MR) is 83.8 cm³/mol. The zero-order valence-corrected chi connectivity index (χ0v) is 11.4. The Kier molecular flexibility index (Phi) is 3.51. The molecule has 0 spiro atoms. The van der Waals surface area contributed by atoms with Crippen molar-refractivity contribution in [3.8, 4) is 23.5 Å². The smallest absolute Gasteiger partial charge is 0.237 e. The van der Waals surface area contributed by atoms with Gasteiger partial charge in [-0.3, -0.25) is 5.43 Å². The molecule has 3 aromatic rings. The van der Waals surface area contributed by atoms with Gasteiger partial charge in [-0.15, -0.1) is 0 Å². The number of para-hydroxylation sites is 2. The molecule has 0 atom stereocenters. The van der Waals surface area contributed by atoms with Crippen LogP contribution in [-0.2, 0) is 0 Å². The monoisotopic (exact) mass is 286 g/mol. The van der Waals surface area contributed by atoms with Gasteiger partial charge in [0.05, 0.1) is 16.7 Å². The van der Waals surface area contributed by atoms with Crippen molar-refractivity contribution in [3.63, 3.8) is 0 Å². The first-order valence-corrected chi connectivity index (χ1v) is 6.49. The molecule has 104 valence electrons. The Balaban J connectivity index is 1.93. The average molecular weight is 286 g/mol. The van der Waals surface area contributed by atoms with Crippen LogP contribution in [-0.4, -0.2) is 15.7 Å². The van der Waals surface area contributed by atoms with Gasteiger partial charge in [0.15, 0.2) is 0 Å². The van der Waals surface area contributed by atoms with Crippen LogP contribution in [0.15, 0.2) is 53.6 Å². The molecule has 0 fully saturated rings. The zero-order chi connectivity index (χ0) is 15.4. The van der Waals surface area contributed by atoms with Crippen LogP contribution in [0.25, 0.3) is 22.4 Å². The molecule has 0 saturated carbocycles. The second-order valence-corrected chi connectivity index (χ2v) is 4.48. The van der Waals surface area contributed by atoms with E-state index in [1.807, 2.05) is 42.5 Å². The van der Waals surface area contributed by atoms with Gasteiger partial charge in [-0.1, -0.05) is 24.3 Å². The Hall–Kier alpha value is -3.64. The SMILES string of the molecule is N#CC(C#N)=NNc1cccc(-c2nc3ccccc3[nH]2)c1. The molecule has 1 aromatic heterocycles. The molecule has 1 heterocycles. The number of aromatic amines is 1. The van der Waals surface area contributed by atoms with Crippen LogP contribution in [0.5, 0.6) is 0 Å². The summed E-state index contributed by atoms with van der Waals surface area (Å²) in [5.41, 5.74) is 5.87. The Morgan fingerprint density at radius 3 is 2.68 bits per heavy atom. The van der Waals surface area contributed by atoms with Crippen molar-refractivity contribution in [2.45, 2.75) is 0 Å². The molecule has 0 amide bonds. The van der Waals surface area contributed by atoms with E-state index >= 15 is 0 Å². The van der Waals surface area contributed by atoms with Gasteiger partial charge >= 0.3 is 0 Å². The molecule has 0 aliphatic heterocycles. The first kappa shape index (κ1) is 13.3. The number of imidazole rings is 1. The minimum atomic E-state index is -0.228. The predicted octanol–water partition coefficient (Wildman–Crippen LogP) is 3.04. The number of rotatable bonds is 3. The summed E-state index contributed by atoms with van der Waals surface area (Å²) in [5, 5.41) is 21.0. The number of nitrogens with one attached hydrogen (secondary N) is 2. The van der Waals surface area contributed by atoms with E-state index in [4.69, 9.17) is 10.5 Å². The summed E-state index contributed by atoms with van der Waals surface area (Å²) >= 11 is 0. The van der Waals surface area contributed by atoms with E-state index < -0.39 is 0 Å². The lowest BCUT2D eigenvalue weighted by Crippen LogP contribution is -1.96. The van der Waals surface area contributed by atoms with Crippen LogP contribution in [0.1, 0.15) is 0 Å². The highest BCUT2D eigenvalue weighted by molar-refractivity contribution is 6.10. The normalized spacial score (nSPS) is 9.73. The lowest BCUT2D eigenvalue weighted by atomic mass is 10.2. The highest BCUT2D eigenvalue weighted by Gasteiger charge is 2.05. The summed E-state index contributed by atoms with van der Waals surface area (Å²) in [6.45, 7) is 0. The summed E-state index contributed by atoms with van der Waals surface area (Å²) in [7, 11) is 0. The summed E-state index contributed by atoms with van der Waals surface area (Å²) in [4.78, 5) is 7.77. The van der Waals surface area contributed by atoms with Crippen LogP contribution in [0.3, 0.4) is 0 Å². The number of H-pyrrole nitrogens is 1. The van der Waals surface area contributed by atoms with E-state index in [2.05, 4.69) is 20.5 Å². The minimum absolute atomic E-state index is 0.228. The molecular formula is C16H10N6. The molecule has 22 heavy (non-hydrogen) atoms. The van der Waals surface area contributed by atoms with Crippen molar-refractivity contribution in [2.75, 3.05) is 5.43 Å². The lowest BCUT2D eigenvalue weighted by Gasteiger charge is -2.02. The van der Waals surface area contributed by atoms with E-state index in [0.29, 0.717) is 5.69 Å². The number of hydrogen-bond acceptors (Lipinski definition) is 5. The highest BCUT2D eigenvalue weighted by atomic mass is 15.3. The third-order valence-electron chi connectivity index (χ3n) is 3.03. The van der Waals surface area contributed by atoms with Gasteiger partial charge in [-0.05, 0) is 24.3 Å². The summed E-state index contributed by atoms with van der Waals surface area (Å²) in [5.74, 6) is 0.745. The number of nitrogens with zero attached hydrogens (tertiary/aromatic N) is 4. The van der Waals surface area contributed by atoms with Crippen molar-refractivity contribution in [1.82, 2.24) is 9.97 Å². The fraction of sp³-hybridized carbons (Fsp3) is 0. The molecule has 6 nitrogen and oxygen atoms in total. The van der Waals surface area contributed by atoms with E-state index in [9.17, 15) is 0 Å². The lowest BCUT2D eigenvalue weighted by molar-refractivity contribution is 1.31. The molecule has 2 aromatic carbocycles. The molecule has 0 aliphatic carbocycles. The van der Waals surface area contributed by atoms with Crippen LogP contribution < -0.4 is 5.43 Å². The fourth-order valence-electron chi connectivity index (χ4n) is 2.02. The van der Waals surface area contributed by atoms with E-state index in [-0.39, 0.29) is 5.71 Å². The summed E-state index contributed by atoms with van der Waals surface area (Å²) in [6.07, 6.45) is 0. The molecular weight excluding hydrogens is 276 g/mol. The Labute approximate surface area is 126 Å². The van der Waals surface area contributed by atoms with Crippen LogP contribution >= 0.6 is 0 Å². The van der Waals surface area contributed by atoms with Gasteiger partial charge in [0.25, 0.3) is 0 Å². The maximum absolute atomic E-state index is 8.66. The van der Waals surface area contributed by atoms with Crippen molar-refractivity contribution in [2.24, 2.45) is 5.10 Å². The Morgan fingerprint density at radius 2 is 1.91 bits per heavy atom. The molecule has 3 rings (SSSR count). The maximum atomic E-state index is 8.66. The van der Waals surface area contributed by atoms with E-state index in [0.717, 1.165) is 22.4 Å². The highest BCUT2D eigenvalue weighted by Crippen LogP contribution is 2.22. The quantitative estimate of drug-likeness (QED) is 0.570. The molecule has 0 unspecified atom stereocenters. The first-order chi connectivity index (χ1) is 10.8. The van der Waals surface area contributed by atoms with Gasteiger partial charge < -0.3 is 4.98 Å². The van der Waals surface area contributed by atoms with Crippen LogP contribution in [0.4, 0.5) is 5.69 Å². The average Bonchev–Trinajstić information content (AvgIpc) is 3.00. The van der Waals surface area contributed by atoms with E-state index in [1.165, 1.54) is 0 Å². The number of hydrogen-bond donors (Lipinski definition) is 2. The zero-order valence-electron chi connectivity index (χ0n) is 11.4. The van der Waals surface area contributed by atoms with Crippen molar-refractivity contribution >= 4 is 22.4 Å². The first-order valence-electron chi connectivity index (χ1n) is 6.49. The third-order valence-corrected chi connectivity index (χ3v) is 3.03. The largest absolute Gasteiger partial charge is 0.338 e. The summed E-state index contributed by atoms with van der Waals surface area (Å²) in [6, 6.07) is 18.6. The minimum Gasteiger partial charge on any atom is -0.338 e. The number of nitriles is 2. The van der Waals surface area contributed by atoms with Crippen LogP contribution in [0, 0.1) is 22.7 Å². The van der Waals surface area contributed by atoms with Crippen molar-refractivity contribution in [3.05, 3.63) is 48.5 Å². The fourth-order valence-corrected chi connectivity index (χ4v) is 2.02. The molecule has 0 radical (unpaired) electrons.